The van der Waals surface area contributed by atoms with Crippen LogP contribution in [0.1, 0.15) is 22.3 Å². The summed E-state index contributed by atoms with van der Waals surface area (Å²) in [4.78, 5) is 17.4. The number of likely N-dealkylation sites (tertiary alicyclic amines) is 1. The lowest BCUT2D eigenvalue weighted by Gasteiger charge is -2.36. The molecule has 2 heterocycles. The van der Waals surface area contributed by atoms with Gasteiger partial charge in [0.1, 0.15) is 36.5 Å². The maximum Gasteiger partial charge on any atom is 0.309 e. The summed E-state index contributed by atoms with van der Waals surface area (Å²) in [5, 5.41) is 18.4. The fourth-order valence-corrected chi connectivity index (χ4v) is 4.72. The van der Waals surface area contributed by atoms with Gasteiger partial charge in [-0.05, 0) is 17.7 Å². The van der Waals surface area contributed by atoms with E-state index in [9.17, 15) is 15.2 Å². The summed E-state index contributed by atoms with van der Waals surface area (Å²) in [7, 11) is 1.66. The highest BCUT2D eigenvalue weighted by Gasteiger charge is 2.32. The first-order valence-electron chi connectivity index (χ1n) is 12.9. The molecule has 1 aliphatic rings. The molecule has 40 heavy (non-hydrogen) atoms. The summed E-state index contributed by atoms with van der Waals surface area (Å²) in [6.07, 6.45) is 3.17. The zero-order valence-corrected chi connectivity index (χ0v) is 22.1. The number of nitrogens with zero attached hydrogens (tertiary/aromatic N) is 3. The summed E-state index contributed by atoms with van der Waals surface area (Å²) >= 11 is 0. The zero-order chi connectivity index (χ0) is 27.9. The van der Waals surface area contributed by atoms with Gasteiger partial charge in [-0.25, -0.2) is 0 Å². The van der Waals surface area contributed by atoms with Gasteiger partial charge in [-0.2, -0.15) is 5.26 Å². The normalized spacial score (nSPS) is 13.2. The average molecular weight is 536 g/mol. The molecule has 0 aliphatic carbocycles. The molecule has 3 aromatic carbocycles. The minimum atomic E-state index is -0.770. The van der Waals surface area contributed by atoms with Crippen molar-refractivity contribution in [3.05, 3.63) is 107 Å². The SMILES string of the molecule is COc1c(COc2ccc(CN3CC(C(=O)O)C3)c(OCc3cncc(C#N)c3)c2)cccc1-c1ccccc1. The molecule has 0 bridgehead atoms. The largest absolute Gasteiger partial charge is 0.496 e. The van der Waals surface area contributed by atoms with Crippen molar-refractivity contribution in [3.8, 4) is 34.4 Å². The quantitative estimate of drug-likeness (QED) is 0.276. The van der Waals surface area contributed by atoms with Crippen molar-refractivity contribution >= 4 is 5.97 Å². The van der Waals surface area contributed by atoms with Crippen molar-refractivity contribution in [2.45, 2.75) is 19.8 Å². The van der Waals surface area contributed by atoms with E-state index in [1.54, 1.807) is 19.4 Å². The monoisotopic (exact) mass is 535 g/mol. The predicted octanol–water partition coefficient (Wildman–Crippen LogP) is 5.30. The number of rotatable bonds is 11. The number of carbonyl (C=O) groups is 1. The molecule has 0 saturated carbocycles. The summed E-state index contributed by atoms with van der Waals surface area (Å²) < 4.78 is 18.2. The van der Waals surface area contributed by atoms with Crippen LogP contribution in [0.5, 0.6) is 17.2 Å². The van der Waals surface area contributed by atoms with Gasteiger partial charge < -0.3 is 19.3 Å². The van der Waals surface area contributed by atoms with Gasteiger partial charge in [0.15, 0.2) is 0 Å². The zero-order valence-electron chi connectivity index (χ0n) is 22.1. The third kappa shape index (κ3) is 6.22. The fraction of sp³-hybridized carbons (Fsp3) is 0.219. The molecular formula is C32H29N3O5. The Hall–Kier alpha value is -4.87. The lowest BCUT2D eigenvalue weighted by Crippen LogP contribution is -2.49. The van der Waals surface area contributed by atoms with Gasteiger partial charge in [-0.1, -0.05) is 54.6 Å². The van der Waals surface area contributed by atoms with Gasteiger partial charge in [-0.3, -0.25) is 14.7 Å². The summed E-state index contributed by atoms with van der Waals surface area (Å²) in [6, 6.07) is 25.6. The minimum Gasteiger partial charge on any atom is -0.496 e. The Kier molecular flexibility index (Phi) is 8.24. The fourth-order valence-electron chi connectivity index (χ4n) is 4.72. The van der Waals surface area contributed by atoms with Crippen molar-refractivity contribution in [2.24, 2.45) is 5.92 Å². The molecule has 5 rings (SSSR count). The minimum absolute atomic E-state index is 0.226. The number of ether oxygens (including phenoxy) is 3. The Morgan fingerprint density at radius 2 is 1.82 bits per heavy atom. The number of pyridine rings is 1. The number of carboxylic acids is 1. The second-order valence-electron chi connectivity index (χ2n) is 9.63. The van der Waals surface area contributed by atoms with E-state index in [1.807, 2.05) is 66.7 Å². The lowest BCUT2D eigenvalue weighted by atomic mass is 9.99. The van der Waals surface area contributed by atoms with Crippen molar-refractivity contribution in [1.29, 1.82) is 5.26 Å². The standard InChI is InChI=1S/C32H29N3O5/c1-38-31-26(8-5-9-29(31)24-6-3-2-4-7-24)21-39-28-11-10-25(17-35-18-27(19-35)32(36)37)30(13-28)40-20-23-12-22(14-33)15-34-16-23/h2-13,15-16,27H,17-21H2,1H3,(H,36,37). The van der Waals surface area contributed by atoms with Gasteiger partial charge in [0.2, 0.25) is 0 Å². The van der Waals surface area contributed by atoms with Crippen molar-refractivity contribution in [3.63, 3.8) is 0 Å². The molecule has 0 amide bonds. The van der Waals surface area contributed by atoms with Crippen LogP contribution in [0.25, 0.3) is 11.1 Å². The van der Waals surface area contributed by atoms with E-state index in [0.29, 0.717) is 43.3 Å². The second-order valence-corrected chi connectivity index (χ2v) is 9.63. The van der Waals surface area contributed by atoms with Crippen molar-refractivity contribution in [1.82, 2.24) is 9.88 Å². The first-order chi connectivity index (χ1) is 19.5. The molecule has 0 radical (unpaired) electrons. The Bertz CT molecular complexity index is 1530. The lowest BCUT2D eigenvalue weighted by molar-refractivity contribution is -0.147. The number of para-hydroxylation sites is 1. The van der Waals surface area contributed by atoms with Gasteiger partial charge in [0, 0.05) is 60.3 Å². The van der Waals surface area contributed by atoms with Gasteiger partial charge in [0.25, 0.3) is 0 Å². The van der Waals surface area contributed by atoms with Crippen LogP contribution < -0.4 is 14.2 Å². The highest BCUT2D eigenvalue weighted by Crippen LogP contribution is 2.35. The number of nitriles is 1. The molecule has 0 spiro atoms. The van der Waals surface area contributed by atoms with Crippen LogP contribution in [-0.4, -0.2) is 41.2 Å². The highest BCUT2D eigenvalue weighted by molar-refractivity contribution is 5.72. The van der Waals surface area contributed by atoms with Crippen LogP contribution in [0.3, 0.4) is 0 Å². The van der Waals surface area contributed by atoms with E-state index in [1.165, 1.54) is 6.20 Å². The number of aromatic nitrogens is 1. The number of hydrogen-bond acceptors (Lipinski definition) is 7. The predicted molar refractivity (Wildman–Crippen MR) is 149 cm³/mol. The molecule has 8 nitrogen and oxygen atoms in total. The molecule has 8 heteroatoms. The number of methoxy groups -OCH3 is 1. The highest BCUT2D eigenvalue weighted by atomic mass is 16.5. The number of hydrogen-bond donors (Lipinski definition) is 1. The Morgan fingerprint density at radius 1 is 1.00 bits per heavy atom. The van der Waals surface area contributed by atoms with E-state index in [4.69, 9.17) is 14.2 Å². The third-order valence-electron chi connectivity index (χ3n) is 6.84. The van der Waals surface area contributed by atoms with Crippen LogP contribution in [0.2, 0.25) is 0 Å². The molecule has 1 aromatic heterocycles. The summed E-state index contributed by atoms with van der Waals surface area (Å²) in [5.41, 5.74) is 5.12. The molecular weight excluding hydrogens is 506 g/mol. The number of aliphatic carboxylic acids is 1. The van der Waals surface area contributed by atoms with Gasteiger partial charge in [-0.15, -0.1) is 0 Å². The topological polar surface area (TPSA) is 105 Å². The molecule has 0 unspecified atom stereocenters. The van der Waals surface area contributed by atoms with E-state index in [-0.39, 0.29) is 12.5 Å². The number of carboxylic acid groups (broad SMARTS) is 1. The number of benzene rings is 3. The Morgan fingerprint density at radius 3 is 2.58 bits per heavy atom. The van der Waals surface area contributed by atoms with E-state index in [2.05, 4.69) is 16.0 Å². The Balaban J connectivity index is 1.34. The van der Waals surface area contributed by atoms with E-state index >= 15 is 0 Å². The van der Waals surface area contributed by atoms with Crippen LogP contribution in [-0.2, 0) is 24.6 Å². The van der Waals surface area contributed by atoms with Crippen LogP contribution >= 0.6 is 0 Å². The third-order valence-corrected chi connectivity index (χ3v) is 6.84. The van der Waals surface area contributed by atoms with Crippen LogP contribution in [0.4, 0.5) is 0 Å². The summed E-state index contributed by atoms with van der Waals surface area (Å²) in [6.45, 7) is 2.08. The first kappa shape index (κ1) is 26.7. The molecule has 1 fully saturated rings. The van der Waals surface area contributed by atoms with Crippen molar-refractivity contribution in [2.75, 3.05) is 20.2 Å². The first-order valence-corrected chi connectivity index (χ1v) is 12.9. The van der Waals surface area contributed by atoms with E-state index in [0.717, 1.165) is 33.6 Å². The van der Waals surface area contributed by atoms with Gasteiger partial charge in [0.05, 0.1) is 18.6 Å². The van der Waals surface area contributed by atoms with Gasteiger partial charge >= 0.3 is 5.97 Å². The summed E-state index contributed by atoms with van der Waals surface area (Å²) in [5.74, 6) is 0.907. The maximum absolute atomic E-state index is 11.2. The van der Waals surface area contributed by atoms with Crippen LogP contribution in [0.15, 0.2) is 85.2 Å². The molecule has 1 aliphatic heterocycles. The van der Waals surface area contributed by atoms with Crippen LogP contribution in [0, 0.1) is 17.2 Å². The van der Waals surface area contributed by atoms with Crippen molar-refractivity contribution < 1.29 is 24.1 Å². The molecule has 4 aromatic rings. The van der Waals surface area contributed by atoms with E-state index < -0.39 is 5.97 Å². The smallest absolute Gasteiger partial charge is 0.309 e. The maximum atomic E-state index is 11.2. The molecule has 1 saturated heterocycles. The average Bonchev–Trinajstić information content (AvgIpc) is 2.97. The molecule has 1 N–H and O–H groups in total. The molecule has 202 valence electrons. The molecule has 0 atom stereocenters. The Labute approximate surface area is 233 Å². The second kappa shape index (κ2) is 12.3.